The predicted molar refractivity (Wildman–Crippen MR) is 96.2 cm³/mol. The van der Waals surface area contributed by atoms with E-state index in [0.717, 1.165) is 24.2 Å². The van der Waals surface area contributed by atoms with Gasteiger partial charge in [-0.15, -0.1) is 5.10 Å². The number of hydrogen-bond donors (Lipinski definition) is 0. The van der Waals surface area contributed by atoms with Gasteiger partial charge in [0.05, 0.1) is 30.1 Å². The molecule has 1 aromatic heterocycles. The average molecular weight is 349 g/mol. The molecule has 1 saturated carbocycles. The molecule has 1 aromatic carbocycles. The topological polar surface area (TPSA) is 74.8 Å². The van der Waals surface area contributed by atoms with Crippen molar-refractivity contribution in [2.45, 2.75) is 52.1 Å². The minimum absolute atomic E-state index is 0.115. The molecule has 4 rings (SSSR count). The number of hydrogen-bond acceptors (Lipinski definition) is 4. The zero-order valence-electron chi connectivity index (χ0n) is 15.4. The fourth-order valence-electron chi connectivity index (χ4n) is 4.62. The molecule has 2 fully saturated rings. The summed E-state index contributed by atoms with van der Waals surface area (Å²) in [5, 5.41) is 17.4. The van der Waals surface area contributed by atoms with Gasteiger partial charge in [0.1, 0.15) is 5.69 Å². The van der Waals surface area contributed by atoms with Crippen LogP contribution in [0.5, 0.6) is 0 Å². The smallest absolute Gasteiger partial charge is 0.223 e. The molecule has 2 aliphatic rings. The fourth-order valence-corrected chi connectivity index (χ4v) is 4.62. The molecule has 1 amide bonds. The van der Waals surface area contributed by atoms with Gasteiger partial charge < -0.3 is 4.90 Å². The number of carbonyl (C=O) groups is 1. The fraction of sp³-hybridized carbons (Fsp3) is 0.500. The van der Waals surface area contributed by atoms with Crippen LogP contribution in [0, 0.1) is 22.7 Å². The molecule has 1 saturated heterocycles. The van der Waals surface area contributed by atoms with Crippen molar-refractivity contribution in [3.8, 4) is 11.8 Å². The van der Waals surface area contributed by atoms with Crippen LogP contribution >= 0.6 is 0 Å². The van der Waals surface area contributed by atoms with Crippen LogP contribution in [0.4, 0.5) is 0 Å². The van der Waals surface area contributed by atoms with Crippen LogP contribution in [0.3, 0.4) is 0 Å². The largest absolute Gasteiger partial charge is 0.331 e. The lowest BCUT2D eigenvalue weighted by molar-refractivity contribution is -0.152. The van der Waals surface area contributed by atoms with Crippen molar-refractivity contribution < 1.29 is 4.79 Å². The molecule has 2 aromatic rings. The lowest BCUT2D eigenvalue weighted by atomic mass is 9.66. The zero-order valence-corrected chi connectivity index (χ0v) is 15.4. The summed E-state index contributed by atoms with van der Waals surface area (Å²) < 4.78 is 1.69. The van der Waals surface area contributed by atoms with E-state index in [1.165, 1.54) is 0 Å². The second-order valence-corrected chi connectivity index (χ2v) is 8.23. The highest BCUT2D eigenvalue weighted by atomic mass is 16.2. The quantitative estimate of drug-likeness (QED) is 0.853. The number of carbonyl (C=O) groups excluding carboxylic acids is 1. The molecule has 26 heavy (non-hydrogen) atoms. The van der Waals surface area contributed by atoms with E-state index < -0.39 is 0 Å². The van der Waals surface area contributed by atoms with E-state index in [9.17, 15) is 4.79 Å². The first-order valence-corrected chi connectivity index (χ1v) is 9.07. The van der Waals surface area contributed by atoms with Crippen molar-refractivity contribution >= 4 is 5.91 Å². The summed E-state index contributed by atoms with van der Waals surface area (Å²) in [4.78, 5) is 14.8. The number of fused-ring (bicyclic) bond motifs is 2. The van der Waals surface area contributed by atoms with Gasteiger partial charge in [-0.2, -0.15) is 5.26 Å². The zero-order chi connectivity index (χ0) is 18.5. The summed E-state index contributed by atoms with van der Waals surface area (Å²) in [5.41, 5.74) is 2.22. The Labute approximate surface area is 153 Å². The van der Waals surface area contributed by atoms with Gasteiger partial charge in [-0.3, -0.25) is 4.79 Å². The van der Waals surface area contributed by atoms with Crippen LogP contribution in [0.1, 0.15) is 51.3 Å². The van der Waals surface area contributed by atoms with E-state index in [2.05, 4.69) is 37.2 Å². The average Bonchev–Trinajstić information content (AvgIpc) is 3.14. The number of aromatic nitrogens is 3. The van der Waals surface area contributed by atoms with Gasteiger partial charge in [0, 0.05) is 12.0 Å². The van der Waals surface area contributed by atoms with Crippen LogP contribution in [0.2, 0.25) is 0 Å². The van der Waals surface area contributed by atoms with Gasteiger partial charge in [0.2, 0.25) is 5.91 Å². The van der Waals surface area contributed by atoms with Gasteiger partial charge >= 0.3 is 0 Å². The predicted octanol–water partition coefficient (Wildman–Crippen LogP) is 3.07. The Morgan fingerprint density at radius 2 is 2.00 bits per heavy atom. The first kappa shape index (κ1) is 16.8. The molecule has 1 aliphatic heterocycles. The Morgan fingerprint density at radius 1 is 1.27 bits per heavy atom. The number of rotatable bonds is 3. The third kappa shape index (κ3) is 2.34. The van der Waals surface area contributed by atoms with E-state index in [1.807, 2.05) is 23.2 Å². The van der Waals surface area contributed by atoms with Gasteiger partial charge in [-0.1, -0.05) is 19.1 Å². The highest BCUT2D eigenvalue weighted by Crippen LogP contribution is 2.57. The van der Waals surface area contributed by atoms with Crippen molar-refractivity contribution in [1.82, 2.24) is 19.9 Å². The van der Waals surface area contributed by atoms with E-state index in [4.69, 9.17) is 5.26 Å². The van der Waals surface area contributed by atoms with E-state index in [1.54, 1.807) is 16.8 Å². The molecular formula is C20H23N5O. The Kier molecular flexibility index (Phi) is 3.65. The van der Waals surface area contributed by atoms with E-state index in [0.29, 0.717) is 24.4 Å². The third-order valence-electron chi connectivity index (χ3n) is 6.83. The van der Waals surface area contributed by atoms with Crippen molar-refractivity contribution in [3.05, 3.63) is 41.7 Å². The van der Waals surface area contributed by atoms with Crippen LogP contribution in [0.15, 0.2) is 30.5 Å². The van der Waals surface area contributed by atoms with E-state index in [-0.39, 0.29) is 16.9 Å². The summed E-state index contributed by atoms with van der Waals surface area (Å²) in [7, 11) is 0. The van der Waals surface area contributed by atoms with Crippen molar-refractivity contribution in [2.24, 2.45) is 11.3 Å². The van der Waals surface area contributed by atoms with Gasteiger partial charge in [0.25, 0.3) is 0 Å². The van der Waals surface area contributed by atoms with Crippen molar-refractivity contribution in [3.63, 3.8) is 0 Å². The minimum atomic E-state index is -0.134. The molecule has 2 atom stereocenters. The molecule has 2 heterocycles. The Balaban J connectivity index is 1.59. The molecule has 0 N–H and O–H groups in total. The molecule has 0 unspecified atom stereocenters. The summed E-state index contributed by atoms with van der Waals surface area (Å²) in [6.07, 6.45) is 4.66. The first-order valence-electron chi connectivity index (χ1n) is 9.07. The van der Waals surface area contributed by atoms with Crippen LogP contribution in [0.25, 0.3) is 5.69 Å². The number of likely N-dealkylation sites (tertiary alicyclic amines) is 1. The number of nitriles is 1. The highest BCUT2D eigenvalue weighted by Gasteiger charge is 2.59. The number of nitrogens with zero attached hydrogens (tertiary/aromatic N) is 5. The lowest BCUT2D eigenvalue weighted by Gasteiger charge is -2.52. The highest BCUT2D eigenvalue weighted by molar-refractivity contribution is 5.79. The molecule has 0 radical (unpaired) electrons. The maximum atomic E-state index is 12.7. The van der Waals surface area contributed by atoms with Crippen LogP contribution in [-0.2, 0) is 11.3 Å². The van der Waals surface area contributed by atoms with Gasteiger partial charge in [-0.05, 0) is 55.4 Å². The van der Waals surface area contributed by atoms with Crippen LogP contribution in [-0.4, -0.2) is 31.3 Å². The normalized spacial score (nSPS) is 26.8. The maximum Gasteiger partial charge on any atom is 0.223 e. The molecule has 1 aliphatic carbocycles. The number of piperidine rings is 1. The summed E-state index contributed by atoms with van der Waals surface area (Å²) in [6, 6.07) is 9.31. The van der Waals surface area contributed by atoms with Gasteiger partial charge in [-0.25, -0.2) is 4.68 Å². The molecule has 134 valence electrons. The van der Waals surface area contributed by atoms with Crippen LogP contribution < -0.4 is 0 Å². The van der Waals surface area contributed by atoms with Crippen molar-refractivity contribution in [1.29, 1.82) is 5.26 Å². The molecular weight excluding hydrogens is 326 g/mol. The van der Waals surface area contributed by atoms with Gasteiger partial charge in [0.15, 0.2) is 0 Å². The number of amides is 1. The molecule has 0 spiro atoms. The Bertz CT molecular complexity index is 892. The molecule has 6 nitrogen and oxygen atoms in total. The Morgan fingerprint density at radius 3 is 2.69 bits per heavy atom. The standard InChI is InChI=1S/C20H23N5O/c1-19(2)15-8-9-20(19,3)24(18(26)10-15)12-16-13-25(23-22-16)17-6-4-14(11-21)5-7-17/h4-7,13,15H,8-10,12H2,1-3H3/t15-,20-/m0/s1. The second kappa shape index (κ2) is 5.66. The summed E-state index contributed by atoms with van der Waals surface area (Å²) in [5.74, 6) is 0.702. The first-order chi connectivity index (χ1) is 12.3. The number of benzene rings is 1. The molecule has 6 heteroatoms. The minimum Gasteiger partial charge on any atom is -0.331 e. The van der Waals surface area contributed by atoms with E-state index >= 15 is 0 Å². The third-order valence-corrected chi connectivity index (χ3v) is 6.83. The summed E-state index contributed by atoms with van der Waals surface area (Å²) in [6.45, 7) is 7.28. The second-order valence-electron chi connectivity index (χ2n) is 8.23. The summed E-state index contributed by atoms with van der Waals surface area (Å²) >= 11 is 0. The Hall–Kier alpha value is -2.68. The lowest BCUT2D eigenvalue weighted by Crippen LogP contribution is -2.60. The maximum absolute atomic E-state index is 12.7. The molecule has 2 bridgehead atoms. The monoisotopic (exact) mass is 349 g/mol. The van der Waals surface area contributed by atoms with Crippen molar-refractivity contribution in [2.75, 3.05) is 0 Å². The SMILES string of the molecule is CC1(C)[C@H]2CC[C@]1(C)N(Cc1cn(-c3ccc(C#N)cc3)nn1)C(=O)C2.